The van der Waals surface area contributed by atoms with Crippen LogP contribution < -0.4 is 0 Å². The highest BCUT2D eigenvalue weighted by Gasteiger charge is 2.15. The molecule has 2 aromatic rings. The molecular formula is C11H12N4O. The van der Waals surface area contributed by atoms with Crippen molar-refractivity contribution in [2.45, 2.75) is 20.3 Å². The van der Waals surface area contributed by atoms with Gasteiger partial charge in [-0.1, -0.05) is 13.8 Å². The smallest absolute Gasteiger partial charge is 0.259 e. The highest BCUT2D eigenvalue weighted by atomic mass is 16.4. The normalized spacial score (nSPS) is 10.6. The Bertz CT molecular complexity index is 505. The second-order valence-corrected chi connectivity index (χ2v) is 3.92. The minimum absolute atomic E-state index is 0.277. The molecule has 0 fully saturated rings. The van der Waals surface area contributed by atoms with Crippen LogP contribution in [0.3, 0.4) is 0 Å². The van der Waals surface area contributed by atoms with E-state index in [1.165, 1.54) is 4.68 Å². The molecule has 0 spiro atoms. The fourth-order valence-electron chi connectivity index (χ4n) is 1.41. The van der Waals surface area contributed by atoms with Crippen LogP contribution in [0.4, 0.5) is 0 Å². The summed E-state index contributed by atoms with van der Waals surface area (Å²) >= 11 is 0. The van der Waals surface area contributed by atoms with Gasteiger partial charge in [0.2, 0.25) is 5.69 Å². The first kappa shape index (κ1) is 10.4. The maximum Gasteiger partial charge on any atom is 0.259 e. The number of hydrogen-bond donors (Lipinski definition) is 0. The molecule has 0 aliphatic heterocycles. The molecule has 0 saturated carbocycles. The Morgan fingerprint density at radius 1 is 1.56 bits per heavy atom. The predicted octanol–water partition coefficient (Wildman–Crippen LogP) is 1.93. The summed E-state index contributed by atoms with van der Waals surface area (Å²) in [4.78, 5) is 4.14. The molecule has 0 aromatic carbocycles. The van der Waals surface area contributed by atoms with Crippen molar-refractivity contribution in [3.8, 4) is 12.0 Å². The second kappa shape index (κ2) is 4.19. The van der Waals surface area contributed by atoms with Crippen LogP contribution in [0, 0.1) is 17.2 Å². The van der Waals surface area contributed by atoms with Crippen LogP contribution in [-0.2, 0) is 6.42 Å². The SMILES string of the molecule is CC(C)Cc1nc(C#N)c(-n2cccn2)o1. The van der Waals surface area contributed by atoms with Crippen molar-refractivity contribution in [1.29, 1.82) is 5.26 Å². The molecule has 2 heterocycles. The molecule has 0 bridgehead atoms. The fourth-order valence-corrected chi connectivity index (χ4v) is 1.41. The summed E-state index contributed by atoms with van der Waals surface area (Å²) in [6.45, 7) is 4.15. The van der Waals surface area contributed by atoms with Crippen LogP contribution in [0.2, 0.25) is 0 Å². The van der Waals surface area contributed by atoms with E-state index in [1.807, 2.05) is 6.07 Å². The maximum atomic E-state index is 8.95. The van der Waals surface area contributed by atoms with Gasteiger partial charge in [-0.15, -0.1) is 0 Å². The Labute approximate surface area is 93.3 Å². The van der Waals surface area contributed by atoms with Crippen LogP contribution in [0.1, 0.15) is 25.4 Å². The summed E-state index contributed by atoms with van der Waals surface area (Å²) in [7, 11) is 0. The Hall–Kier alpha value is -2.09. The largest absolute Gasteiger partial charge is 0.421 e. The average Bonchev–Trinajstić information content (AvgIpc) is 2.83. The molecule has 0 aliphatic rings. The van der Waals surface area contributed by atoms with Gasteiger partial charge in [0.15, 0.2) is 5.89 Å². The second-order valence-electron chi connectivity index (χ2n) is 3.92. The molecule has 5 heteroatoms. The van der Waals surface area contributed by atoms with Crippen molar-refractivity contribution in [3.05, 3.63) is 30.0 Å². The minimum atomic E-state index is 0.277. The number of nitrogens with zero attached hydrogens (tertiary/aromatic N) is 4. The lowest BCUT2D eigenvalue weighted by molar-refractivity contribution is 0.439. The van der Waals surface area contributed by atoms with E-state index >= 15 is 0 Å². The number of hydrogen-bond acceptors (Lipinski definition) is 4. The Kier molecular flexibility index (Phi) is 2.73. The zero-order valence-corrected chi connectivity index (χ0v) is 9.21. The molecule has 0 aliphatic carbocycles. The molecule has 5 nitrogen and oxygen atoms in total. The lowest BCUT2D eigenvalue weighted by atomic mass is 10.1. The van der Waals surface area contributed by atoms with E-state index in [0.717, 1.165) is 6.42 Å². The zero-order chi connectivity index (χ0) is 11.5. The van der Waals surface area contributed by atoms with Crippen molar-refractivity contribution in [3.63, 3.8) is 0 Å². The van der Waals surface area contributed by atoms with Gasteiger partial charge in [-0.2, -0.15) is 10.4 Å². The monoisotopic (exact) mass is 216 g/mol. The topological polar surface area (TPSA) is 67.6 Å². The molecular weight excluding hydrogens is 204 g/mol. The van der Waals surface area contributed by atoms with Crippen molar-refractivity contribution >= 4 is 0 Å². The maximum absolute atomic E-state index is 8.95. The van der Waals surface area contributed by atoms with E-state index in [0.29, 0.717) is 17.7 Å². The minimum Gasteiger partial charge on any atom is -0.421 e. The van der Waals surface area contributed by atoms with Gasteiger partial charge in [-0.3, -0.25) is 0 Å². The number of rotatable bonds is 3. The lowest BCUT2D eigenvalue weighted by Gasteiger charge is -1.98. The highest BCUT2D eigenvalue weighted by molar-refractivity contribution is 5.35. The highest BCUT2D eigenvalue weighted by Crippen LogP contribution is 2.16. The molecule has 82 valence electrons. The van der Waals surface area contributed by atoms with Gasteiger partial charge in [-0.25, -0.2) is 9.67 Å². The third-order valence-corrected chi connectivity index (χ3v) is 2.05. The molecule has 0 unspecified atom stereocenters. The van der Waals surface area contributed by atoms with Crippen LogP contribution in [0.5, 0.6) is 0 Å². The van der Waals surface area contributed by atoms with Crippen LogP contribution in [0.25, 0.3) is 5.88 Å². The first-order valence-corrected chi connectivity index (χ1v) is 5.10. The summed E-state index contributed by atoms with van der Waals surface area (Å²) in [5.41, 5.74) is 0.277. The van der Waals surface area contributed by atoms with Gasteiger partial charge in [0.25, 0.3) is 5.88 Å². The summed E-state index contributed by atoms with van der Waals surface area (Å²) in [5.74, 6) is 1.41. The summed E-state index contributed by atoms with van der Waals surface area (Å²) < 4.78 is 7.04. The van der Waals surface area contributed by atoms with Crippen LogP contribution >= 0.6 is 0 Å². The first-order chi connectivity index (χ1) is 7.70. The van der Waals surface area contributed by atoms with Gasteiger partial charge in [-0.05, 0) is 12.0 Å². The van der Waals surface area contributed by atoms with E-state index in [4.69, 9.17) is 9.68 Å². The fraction of sp³-hybridized carbons (Fsp3) is 0.364. The van der Waals surface area contributed by atoms with E-state index < -0.39 is 0 Å². The van der Waals surface area contributed by atoms with Gasteiger partial charge in [0, 0.05) is 18.8 Å². The quantitative estimate of drug-likeness (QED) is 0.786. The number of nitriles is 1. The number of oxazole rings is 1. The Balaban J connectivity index is 2.38. The molecule has 16 heavy (non-hydrogen) atoms. The van der Waals surface area contributed by atoms with E-state index in [-0.39, 0.29) is 5.69 Å². The van der Waals surface area contributed by atoms with Crippen molar-refractivity contribution < 1.29 is 4.42 Å². The standard InChI is InChI=1S/C11H12N4O/c1-8(2)6-10-14-9(7-12)11(16-10)15-5-3-4-13-15/h3-5,8H,6H2,1-2H3. The van der Waals surface area contributed by atoms with Crippen LogP contribution in [0.15, 0.2) is 22.9 Å². The van der Waals surface area contributed by atoms with Gasteiger partial charge in [0.05, 0.1) is 0 Å². The van der Waals surface area contributed by atoms with Gasteiger partial charge in [0.1, 0.15) is 6.07 Å². The van der Waals surface area contributed by atoms with Gasteiger partial charge < -0.3 is 4.42 Å². The average molecular weight is 216 g/mol. The van der Waals surface area contributed by atoms with Crippen molar-refractivity contribution in [1.82, 2.24) is 14.8 Å². The molecule has 0 amide bonds. The first-order valence-electron chi connectivity index (χ1n) is 5.10. The van der Waals surface area contributed by atoms with Gasteiger partial charge >= 0.3 is 0 Å². The van der Waals surface area contributed by atoms with Crippen LogP contribution in [-0.4, -0.2) is 14.8 Å². The predicted molar refractivity (Wildman–Crippen MR) is 56.9 cm³/mol. The lowest BCUT2D eigenvalue weighted by Crippen LogP contribution is -1.94. The summed E-state index contributed by atoms with van der Waals surface area (Å²) in [5, 5.41) is 13.0. The zero-order valence-electron chi connectivity index (χ0n) is 9.21. The third kappa shape index (κ3) is 1.96. The summed E-state index contributed by atoms with van der Waals surface area (Å²) in [6.07, 6.45) is 4.07. The molecule has 2 aromatic heterocycles. The molecule has 0 radical (unpaired) electrons. The van der Waals surface area contributed by atoms with Crippen molar-refractivity contribution in [2.24, 2.45) is 5.92 Å². The number of aromatic nitrogens is 3. The summed E-state index contributed by atoms with van der Waals surface area (Å²) in [6, 6.07) is 3.78. The Morgan fingerprint density at radius 2 is 2.38 bits per heavy atom. The van der Waals surface area contributed by atoms with Crippen molar-refractivity contribution in [2.75, 3.05) is 0 Å². The Morgan fingerprint density at radius 3 is 2.94 bits per heavy atom. The van der Waals surface area contributed by atoms with E-state index in [2.05, 4.69) is 23.9 Å². The molecule has 2 rings (SSSR count). The molecule has 0 N–H and O–H groups in total. The molecule has 0 saturated heterocycles. The van der Waals surface area contributed by atoms with E-state index in [9.17, 15) is 0 Å². The molecule has 0 atom stereocenters. The third-order valence-electron chi connectivity index (χ3n) is 2.05. The van der Waals surface area contributed by atoms with E-state index in [1.54, 1.807) is 18.5 Å².